The number of ether oxygens (including phenoxy) is 2. The number of carbonyl (C=O) groups excluding carboxylic acids is 1. The molecule has 1 unspecified atom stereocenters. The van der Waals surface area contributed by atoms with Gasteiger partial charge in [0.05, 0.1) is 18.3 Å². The summed E-state index contributed by atoms with van der Waals surface area (Å²) < 4.78 is 99.5. The van der Waals surface area contributed by atoms with Gasteiger partial charge >= 0.3 is 5.97 Å². The molecule has 5 rings (SSSR count). The van der Waals surface area contributed by atoms with Crippen LogP contribution in [0.1, 0.15) is 112 Å². The van der Waals surface area contributed by atoms with Crippen LogP contribution < -0.4 is 4.74 Å². The molecule has 0 amide bonds. The molecule has 2 saturated carbocycles. The first kappa shape index (κ1) is 34.8. The molecule has 1 atom stereocenters. The number of benzene rings is 3. The highest BCUT2D eigenvalue weighted by molar-refractivity contribution is 5.90. The SMILES string of the molecule is CCCC(O)c1ccc(-c2ccc(C(=O)OC3CCC(C4CCC(c5ccc(OCC)c(F)c5F)CC4)CC3)c(F)c2F)c(F)c1F. The third kappa shape index (κ3) is 7.32. The Morgan fingerprint density at radius 1 is 0.723 bits per heavy atom. The highest BCUT2D eigenvalue weighted by Crippen LogP contribution is 2.44. The maximum absolute atomic E-state index is 15.1. The van der Waals surface area contributed by atoms with Crippen molar-refractivity contribution in [1.82, 2.24) is 0 Å². The maximum atomic E-state index is 15.1. The number of esters is 1. The number of hydrogen-bond acceptors (Lipinski definition) is 4. The molecule has 0 saturated heterocycles. The lowest BCUT2D eigenvalue weighted by molar-refractivity contribution is 0.0109. The molecule has 2 fully saturated rings. The van der Waals surface area contributed by atoms with Crippen LogP contribution in [0, 0.1) is 46.7 Å². The molecule has 2 aliphatic rings. The lowest BCUT2D eigenvalue weighted by Crippen LogP contribution is -2.30. The van der Waals surface area contributed by atoms with Crippen molar-refractivity contribution in [3.05, 3.63) is 88.0 Å². The Hall–Kier alpha value is -3.53. The predicted molar refractivity (Wildman–Crippen MR) is 165 cm³/mol. The Bertz CT molecular complexity index is 1580. The van der Waals surface area contributed by atoms with E-state index in [0.717, 1.165) is 62.8 Å². The fourth-order valence-corrected chi connectivity index (χ4v) is 7.30. The van der Waals surface area contributed by atoms with E-state index in [1.807, 2.05) is 0 Å². The number of hydrogen-bond donors (Lipinski definition) is 1. The molecule has 10 heteroatoms. The molecular weight excluding hydrogens is 622 g/mol. The van der Waals surface area contributed by atoms with Gasteiger partial charge in [-0.15, -0.1) is 0 Å². The zero-order valence-electron chi connectivity index (χ0n) is 26.6. The Morgan fingerprint density at radius 3 is 1.94 bits per heavy atom. The molecule has 0 aromatic heterocycles. The molecular formula is C37H40F6O4. The fourth-order valence-electron chi connectivity index (χ4n) is 7.30. The summed E-state index contributed by atoms with van der Waals surface area (Å²) in [6.45, 7) is 3.73. The summed E-state index contributed by atoms with van der Waals surface area (Å²) in [4.78, 5) is 12.8. The first-order valence-electron chi connectivity index (χ1n) is 16.5. The largest absolute Gasteiger partial charge is 0.491 e. The van der Waals surface area contributed by atoms with Crippen LogP contribution in [-0.2, 0) is 4.74 Å². The van der Waals surface area contributed by atoms with Gasteiger partial charge in [0.15, 0.2) is 34.8 Å². The molecule has 0 aliphatic heterocycles. The van der Waals surface area contributed by atoms with Crippen molar-refractivity contribution in [2.75, 3.05) is 6.61 Å². The molecule has 2 aliphatic carbocycles. The molecule has 4 nitrogen and oxygen atoms in total. The Kier molecular flexibility index (Phi) is 11.2. The normalized spacial score (nSPS) is 22.1. The Labute approximate surface area is 271 Å². The van der Waals surface area contributed by atoms with Crippen molar-refractivity contribution in [3.8, 4) is 16.9 Å². The van der Waals surface area contributed by atoms with Crippen LogP contribution in [0.3, 0.4) is 0 Å². The number of halogens is 6. The minimum Gasteiger partial charge on any atom is -0.491 e. The summed E-state index contributed by atoms with van der Waals surface area (Å²) >= 11 is 0. The van der Waals surface area contributed by atoms with Gasteiger partial charge in [0.25, 0.3) is 0 Å². The number of aliphatic hydroxyl groups excluding tert-OH is 1. The van der Waals surface area contributed by atoms with Crippen molar-refractivity contribution >= 4 is 5.97 Å². The second-order valence-corrected chi connectivity index (χ2v) is 12.7. The van der Waals surface area contributed by atoms with E-state index < -0.39 is 69.8 Å². The smallest absolute Gasteiger partial charge is 0.341 e. The van der Waals surface area contributed by atoms with E-state index in [4.69, 9.17) is 9.47 Å². The number of rotatable bonds is 10. The second kappa shape index (κ2) is 15.1. The van der Waals surface area contributed by atoms with Crippen LogP contribution in [-0.4, -0.2) is 23.8 Å². The van der Waals surface area contributed by atoms with Gasteiger partial charge in [0.1, 0.15) is 6.10 Å². The summed E-state index contributed by atoms with van der Waals surface area (Å²) in [6.07, 6.45) is 4.92. The molecule has 0 radical (unpaired) electrons. The summed E-state index contributed by atoms with van der Waals surface area (Å²) in [5.41, 5.74) is -1.62. The molecule has 0 heterocycles. The number of aliphatic hydroxyl groups is 1. The number of carbonyl (C=O) groups is 1. The van der Waals surface area contributed by atoms with Gasteiger partial charge in [-0.2, -0.15) is 4.39 Å². The monoisotopic (exact) mass is 662 g/mol. The molecule has 3 aromatic rings. The van der Waals surface area contributed by atoms with Gasteiger partial charge in [-0.1, -0.05) is 37.6 Å². The van der Waals surface area contributed by atoms with Gasteiger partial charge in [0.2, 0.25) is 5.82 Å². The highest BCUT2D eigenvalue weighted by atomic mass is 19.2. The first-order valence-corrected chi connectivity index (χ1v) is 16.5. The minimum atomic E-state index is -1.52. The molecule has 254 valence electrons. The Balaban J connectivity index is 1.16. The predicted octanol–water partition coefficient (Wildman–Crippen LogP) is 10.1. The lowest BCUT2D eigenvalue weighted by Gasteiger charge is -2.37. The van der Waals surface area contributed by atoms with E-state index in [9.17, 15) is 27.5 Å². The topological polar surface area (TPSA) is 55.8 Å². The van der Waals surface area contributed by atoms with Crippen LogP contribution in [0.2, 0.25) is 0 Å². The zero-order valence-corrected chi connectivity index (χ0v) is 26.6. The van der Waals surface area contributed by atoms with E-state index in [0.29, 0.717) is 36.7 Å². The van der Waals surface area contributed by atoms with Crippen LogP contribution in [0.4, 0.5) is 26.3 Å². The average Bonchev–Trinajstić information content (AvgIpc) is 3.06. The van der Waals surface area contributed by atoms with E-state index in [2.05, 4.69) is 0 Å². The molecule has 0 spiro atoms. The molecule has 47 heavy (non-hydrogen) atoms. The van der Waals surface area contributed by atoms with Crippen molar-refractivity contribution in [2.24, 2.45) is 11.8 Å². The van der Waals surface area contributed by atoms with E-state index in [1.165, 1.54) is 6.07 Å². The average molecular weight is 663 g/mol. The quantitative estimate of drug-likeness (QED) is 0.173. The zero-order chi connectivity index (χ0) is 33.8. The molecule has 3 aromatic carbocycles. The lowest BCUT2D eigenvalue weighted by atomic mass is 9.69. The van der Waals surface area contributed by atoms with Gasteiger partial charge in [-0.05, 0) is 100 Å². The van der Waals surface area contributed by atoms with Gasteiger partial charge in [-0.25, -0.2) is 26.7 Å². The molecule has 1 N–H and O–H groups in total. The van der Waals surface area contributed by atoms with Crippen LogP contribution >= 0.6 is 0 Å². The first-order chi connectivity index (χ1) is 22.5. The van der Waals surface area contributed by atoms with Gasteiger partial charge < -0.3 is 14.6 Å². The van der Waals surface area contributed by atoms with Crippen molar-refractivity contribution in [2.45, 2.75) is 96.2 Å². The highest BCUT2D eigenvalue weighted by Gasteiger charge is 2.34. The van der Waals surface area contributed by atoms with E-state index in [1.54, 1.807) is 19.9 Å². The van der Waals surface area contributed by atoms with Gasteiger partial charge in [0, 0.05) is 16.7 Å². The summed E-state index contributed by atoms with van der Waals surface area (Å²) in [5, 5.41) is 10.1. The van der Waals surface area contributed by atoms with Crippen LogP contribution in [0.5, 0.6) is 5.75 Å². The Morgan fingerprint density at radius 2 is 1.32 bits per heavy atom. The van der Waals surface area contributed by atoms with Crippen molar-refractivity contribution in [3.63, 3.8) is 0 Å². The second-order valence-electron chi connectivity index (χ2n) is 12.7. The maximum Gasteiger partial charge on any atom is 0.341 e. The van der Waals surface area contributed by atoms with Gasteiger partial charge in [-0.3, -0.25) is 0 Å². The fraction of sp³-hybridized carbons (Fsp3) is 0.486. The van der Waals surface area contributed by atoms with Crippen LogP contribution in [0.15, 0.2) is 36.4 Å². The summed E-state index contributed by atoms with van der Waals surface area (Å²) in [5.74, 6) is -7.97. The van der Waals surface area contributed by atoms with E-state index >= 15 is 8.78 Å². The standard InChI is InChI=1S/C37H40F6O4/c1-3-5-29(44)27-16-14-25(32(39)34(27)41)26-15-17-28(35(42)33(26)40)37(45)47-23-12-10-21(11-13-23)20-6-8-22(9-7-20)24-18-19-30(46-4-2)36(43)31(24)38/h14-23,29,44H,3-13H2,1-2H3. The third-order valence-electron chi connectivity index (χ3n) is 9.87. The van der Waals surface area contributed by atoms with E-state index in [-0.39, 0.29) is 30.3 Å². The molecule has 0 bridgehead atoms. The van der Waals surface area contributed by atoms with Crippen molar-refractivity contribution in [1.29, 1.82) is 0 Å². The third-order valence-corrected chi connectivity index (χ3v) is 9.87. The summed E-state index contributed by atoms with van der Waals surface area (Å²) in [7, 11) is 0. The minimum absolute atomic E-state index is 0.0658. The van der Waals surface area contributed by atoms with Crippen LogP contribution in [0.25, 0.3) is 11.1 Å². The summed E-state index contributed by atoms with van der Waals surface area (Å²) in [6, 6.07) is 7.32. The van der Waals surface area contributed by atoms with Crippen molar-refractivity contribution < 1.29 is 45.7 Å².